The summed E-state index contributed by atoms with van der Waals surface area (Å²) in [5.74, 6) is -0.979. The Bertz CT molecular complexity index is 1820. The average molecular weight is 615 g/mol. The summed E-state index contributed by atoms with van der Waals surface area (Å²) < 4.78 is 47.6. The number of rotatable bonds is 4. The highest BCUT2D eigenvalue weighted by Gasteiger charge is 2.64. The number of alkyl halides is 3. The summed E-state index contributed by atoms with van der Waals surface area (Å²) in [6, 6.07) is 12.6. The first-order valence-corrected chi connectivity index (χ1v) is 13.7. The first kappa shape index (κ1) is 28.1. The third-order valence-corrected chi connectivity index (χ3v) is 8.11. The van der Waals surface area contributed by atoms with Crippen LogP contribution in [0.1, 0.15) is 52.8 Å². The van der Waals surface area contributed by atoms with Crippen molar-refractivity contribution in [3.63, 3.8) is 0 Å². The minimum Gasteiger partial charge on any atom is -0.496 e. The second-order valence-corrected chi connectivity index (χ2v) is 11.3. The minimum absolute atomic E-state index is 0.0158. The highest BCUT2D eigenvalue weighted by Crippen LogP contribution is 2.55. The molecule has 2 amide bonds. The Kier molecular flexibility index (Phi) is 6.36. The van der Waals surface area contributed by atoms with Gasteiger partial charge in [-0.3, -0.25) is 14.5 Å². The molecule has 2 aliphatic heterocycles. The molecule has 0 fully saturated rings. The molecule has 1 spiro atoms. The van der Waals surface area contributed by atoms with Crippen molar-refractivity contribution >= 4 is 46.4 Å². The molecule has 216 valence electrons. The molecule has 12 heteroatoms. The van der Waals surface area contributed by atoms with E-state index in [2.05, 4.69) is 5.32 Å². The normalized spacial score (nSPS) is 17.7. The summed E-state index contributed by atoms with van der Waals surface area (Å²) in [7, 11) is 1.26. The van der Waals surface area contributed by atoms with Gasteiger partial charge in [-0.05, 0) is 68.8 Å². The molecule has 1 aromatic heterocycles. The number of carbonyl (C=O) groups excluding carboxylic acids is 2. The van der Waals surface area contributed by atoms with E-state index in [1.165, 1.54) is 18.1 Å². The summed E-state index contributed by atoms with van der Waals surface area (Å²) in [6.07, 6.45) is -4.59. The van der Waals surface area contributed by atoms with Crippen LogP contribution >= 0.6 is 23.2 Å². The van der Waals surface area contributed by atoms with Gasteiger partial charge in [0, 0.05) is 27.3 Å². The quantitative estimate of drug-likeness (QED) is 0.256. The Morgan fingerprint density at radius 2 is 1.69 bits per heavy atom. The van der Waals surface area contributed by atoms with Crippen molar-refractivity contribution in [3.05, 3.63) is 92.7 Å². The summed E-state index contributed by atoms with van der Waals surface area (Å²) in [6.45, 7) is 5.47. The number of methoxy groups -OCH3 is 1. The largest absolute Gasteiger partial charge is 0.496 e. The van der Waals surface area contributed by atoms with Crippen LogP contribution in [0.5, 0.6) is 5.75 Å². The molecule has 1 atom stereocenters. The lowest BCUT2D eigenvalue weighted by Crippen LogP contribution is -2.51. The number of aryl methyl sites for hydroxylation is 1. The smallest absolute Gasteiger partial charge is 0.416 e. The fourth-order valence-electron chi connectivity index (χ4n) is 5.88. The molecule has 7 nitrogen and oxygen atoms in total. The number of halogens is 5. The van der Waals surface area contributed by atoms with Gasteiger partial charge < -0.3 is 14.6 Å². The molecule has 1 N–H and O–H groups in total. The molecule has 0 saturated heterocycles. The van der Waals surface area contributed by atoms with Crippen molar-refractivity contribution < 1.29 is 27.5 Å². The first-order chi connectivity index (χ1) is 19.8. The fourth-order valence-corrected chi connectivity index (χ4v) is 6.22. The predicted molar refractivity (Wildman–Crippen MR) is 153 cm³/mol. The SMILES string of the molecule is COc1cc(C(F)(F)F)ccc1-c1nc2c(n1C(C)C)C1(C(=O)Nc3cc(Cl)ccc31)N(c1cc(Cl)ccc1C)C2=O. The van der Waals surface area contributed by atoms with E-state index in [-0.39, 0.29) is 28.5 Å². The topological polar surface area (TPSA) is 76.5 Å². The summed E-state index contributed by atoms with van der Waals surface area (Å²) in [5.41, 5.74) is -0.141. The van der Waals surface area contributed by atoms with Gasteiger partial charge >= 0.3 is 6.18 Å². The molecule has 1 unspecified atom stereocenters. The van der Waals surface area contributed by atoms with Crippen molar-refractivity contribution in [2.24, 2.45) is 0 Å². The number of nitrogens with one attached hydrogen (secondary N) is 1. The van der Waals surface area contributed by atoms with Crippen molar-refractivity contribution in [2.45, 2.75) is 38.5 Å². The minimum atomic E-state index is -4.59. The third kappa shape index (κ3) is 3.85. The van der Waals surface area contributed by atoms with Crippen LogP contribution in [0.15, 0.2) is 54.6 Å². The second kappa shape index (κ2) is 9.50. The number of hydrogen-bond donors (Lipinski definition) is 1. The van der Waals surface area contributed by atoms with Gasteiger partial charge in [-0.15, -0.1) is 0 Å². The summed E-state index contributed by atoms with van der Waals surface area (Å²) >= 11 is 12.7. The van der Waals surface area contributed by atoms with E-state index >= 15 is 0 Å². The van der Waals surface area contributed by atoms with E-state index in [0.29, 0.717) is 32.5 Å². The Labute approximate surface area is 248 Å². The number of imidazole rings is 1. The number of ether oxygens (including phenoxy) is 1. The standard InChI is InChI=1S/C30H23Cl2F3N4O3/c1-14(2)38-25-24(37-26(38)19-9-6-16(30(33,34)35)11-23(19)42-4)27(40)39(22-13-18(32)7-5-15(22)3)29(25)20-10-8-17(31)12-21(20)36-28(29)41/h5-14H,1-4H3,(H,36,41). The second-order valence-electron chi connectivity index (χ2n) is 10.4. The monoisotopic (exact) mass is 614 g/mol. The molecular formula is C30H23Cl2F3N4O3. The lowest BCUT2D eigenvalue weighted by atomic mass is 9.86. The van der Waals surface area contributed by atoms with E-state index < -0.39 is 35.1 Å². The zero-order valence-corrected chi connectivity index (χ0v) is 24.2. The average Bonchev–Trinajstić information content (AvgIpc) is 3.53. The zero-order chi connectivity index (χ0) is 30.3. The number of hydrogen-bond acceptors (Lipinski definition) is 4. The molecule has 6 rings (SSSR count). The maximum atomic E-state index is 14.4. The Morgan fingerprint density at radius 3 is 2.36 bits per heavy atom. The van der Waals surface area contributed by atoms with E-state index in [4.69, 9.17) is 32.9 Å². The molecule has 0 aliphatic carbocycles. The highest BCUT2D eigenvalue weighted by molar-refractivity contribution is 6.32. The molecule has 0 bridgehead atoms. The predicted octanol–water partition coefficient (Wildman–Crippen LogP) is 7.63. The molecule has 0 saturated carbocycles. The van der Waals surface area contributed by atoms with Gasteiger partial charge in [0.05, 0.1) is 29.6 Å². The van der Waals surface area contributed by atoms with Crippen molar-refractivity contribution in [1.82, 2.24) is 9.55 Å². The van der Waals surface area contributed by atoms with E-state index in [1.807, 2.05) is 13.8 Å². The highest BCUT2D eigenvalue weighted by atomic mass is 35.5. The third-order valence-electron chi connectivity index (χ3n) is 7.64. The maximum absolute atomic E-state index is 14.4. The van der Waals surface area contributed by atoms with Crippen LogP contribution in [0, 0.1) is 6.92 Å². The van der Waals surface area contributed by atoms with Crippen LogP contribution in [-0.2, 0) is 16.5 Å². The molecule has 3 aromatic carbocycles. The van der Waals surface area contributed by atoms with Crippen molar-refractivity contribution in [2.75, 3.05) is 17.3 Å². The Balaban J connectivity index is 1.71. The van der Waals surface area contributed by atoms with Crippen LogP contribution in [0.2, 0.25) is 10.0 Å². The molecule has 0 radical (unpaired) electrons. The molecular weight excluding hydrogens is 592 g/mol. The zero-order valence-electron chi connectivity index (χ0n) is 22.7. The number of carbonyl (C=O) groups is 2. The van der Waals surface area contributed by atoms with E-state index in [9.17, 15) is 22.8 Å². The number of fused-ring (bicyclic) bond motifs is 4. The number of anilines is 2. The van der Waals surface area contributed by atoms with Crippen LogP contribution in [0.4, 0.5) is 24.5 Å². The fraction of sp³-hybridized carbons (Fsp3) is 0.233. The van der Waals surface area contributed by atoms with Gasteiger partial charge in [-0.2, -0.15) is 13.2 Å². The van der Waals surface area contributed by atoms with Gasteiger partial charge in [0.2, 0.25) is 0 Å². The summed E-state index contributed by atoms with van der Waals surface area (Å²) in [4.78, 5) is 34.8. The number of amides is 2. The number of nitrogens with zero attached hydrogens (tertiary/aromatic N) is 3. The maximum Gasteiger partial charge on any atom is 0.416 e. The molecule has 4 aromatic rings. The van der Waals surface area contributed by atoms with Gasteiger partial charge in [0.15, 0.2) is 11.2 Å². The first-order valence-electron chi connectivity index (χ1n) is 12.9. The van der Waals surface area contributed by atoms with Crippen molar-refractivity contribution in [3.8, 4) is 17.1 Å². The van der Waals surface area contributed by atoms with Crippen molar-refractivity contribution in [1.29, 1.82) is 0 Å². The Morgan fingerprint density at radius 1 is 1.00 bits per heavy atom. The van der Waals surface area contributed by atoms with Gasteiger partial charge in [0.25, 0.3) is 11.8 Å². The van der Waals surface area contributed by atoms with Crippen LogP contribution in [-0.4, -0.2) is 28.5 Å². The van der Waals surface area contributed by atoms with E-state index in [1.54, 1.807) is 47.9 Å². The molecule has 42 heavy (non-hydrogen) atoms. The summed E-state index contributed by atoms with van der Waals surface area (Å²) in [5, 5.41) is 3.63. The number of benzene rings is 3. The van der Waals surface area contributed by atoms with Gasteiger partial charge in [0.1, 0.15) is 11.6 Å². The Hall–Kier alpha value is -4.02. The van der Waals surface area contributed by atoms with Gasteiger partial charge in [-0.25, -0.2) is 4.98 Å². The molecule has 3 heterocycles. The van der Waals surface area contributed by atoms with Crippen LogP contribution in [0.25, 0.3) is 11.4 Å². The van der Waals surface area contributed by atoms with E-state index in [0.717, 1.165) is 12.1 Å². The number of aromatic nitrogens is 2. The van der Waals surface area contributed by atoms with Crippen LogP contribution in [0.3, 0.4) is 0 Å². The molecule has 2 aliphatic rings. The van der Waals surface area contributed by atoms with Crippen LogP contribution < -0.4 is 15.0 Å². The lowest BCUT2D eigenvalue weighted by molar-refractivity contribution is -0.137. The van der Waals surface area contributed by atoms with Gasteiger partial charge in [-0.1, -0.05) is 35.3 Å². The lowest BCUT2D eigenvalue weighted by Gasteiger charge is -2.36.